The molecule has 4 rings (SSSR count). The number of carbonyl (C=O) groups is 2. The van der Waals surface area contributed by atoms with Gasteiger partial charge in [-0.25, -0.2) is 5.01 Å². The molecule has 1 fully saturated rings. The Kier molecular flexibility index (Phi) is 3.86. The summed E-state index contributed by atoms with van der Waals surface area (Å²) in [6, 6.07) is 14.8. The van der Waals surface area contributed by atoms with Crippen LogP contribution in [0.1, 0.15) is 17.0 Å². The molecule has 0 spiro atoms. The molecule has 5 nitrogen and oxygen atoms in total. The number of amides is 2. The highest BCUT2D eigenvalue weighted by Gasteiger charge is 2.48. The standard InChI is InChI=1S/C17H14ClN3O2S/c18-11-5-7-12(8-6-11)20-24-17(23)21-14-9-10-3-1-2-4-13(10)15(14)16(22)19-21/h1-8,14-15,20H,9H2,(H,19,22). The first-order chi connectivity index (χ1) is 11.6. The first-order valence-electron chi connectivity index (χ1n) is 7.53. The fourth-order valence-electron chi connectivity index (χ4n) is 3.25. The predicted molar refractivity (Wildman–Crippen MR) is 94.7 cm³/mol. The molecule has 24 heavy (non-hydrogen) atoms. The summed E-state index contributed by atoms with van der Waals surface area (Å²) in [5.41, 5.74) is 5.63. The summed E-state index contributed by atoms with van der Waals surface area (Å²) in [5, 5.41) is 1.84. The molecule has 2 aliphatic rings. The van der Waals surface area contributed by atoms with E-state index in [1.807, 2.05) is 24.3 Å². The Hall–Kier alpha value is -2.18. The topological polar surface area (TPSA) is 61.4 Å². The van der Waals surface area contributed by atoms with Crippen LogP contribution in [0.5, 0.6) is 0 Å². The maximum atomic E-state index is 12.5. The Morgan fingerprint density at radius 2 is 1.96 bits per heavy atom. The molecule has 1 saturated heterocycles. The number of nitrogens with zero attached hydrogens (tertiary/aromatic N) is 1. The van der Waals surface area contributed by atoms with Crippen LogP contribution in [0.2, 0.25) is 5.02 Å². The van der Waals surface area contributed by atoms with Gasteiger partial charge in [0.15, 0.2) is 0 Å². The van der Waals surface area contributed by atoms with Gasteiger partial charge in [-0.15, -0.1) is 0 Å². The monoisotopic (exact) mass is 359 g/mol. The summed E-state index contributed by atoms with van der Waals surface area (Å²) < 4.78 is 2.98. The number of fused-ring (bicyclic) bond motifs is 3. The maximum absolute atomic E-state index is 12.5. The molecular formula is C17H14ClN3O2S. The van der Waals surface area contributed by atoms with Crippen LogP contribution < -0.4 is 10.1 Å². The van der Waals surface area contributed by atoms with Gasteiger partial charge < -0.3 is 4.72 Å². The Bertz CT molecular complexity index is 812. The van der Waals surface area contributed by atoms with Crippen molar-refractivity contribution in [2.24, 2.45) is 0 Å². The van der Waals surface area contributed by atoms with Gasteiger partial charge in [0.1, 0.15) is 0 Å². The Morgan fingerprint density at radius 3 is 2.75 bits per heavy atom. The first kappa shape index (κ1) is 15.4. The zero-order chi connectivity index (χ0) is 16.7. The molecule has 2 amide bonds. The Morgan fingerprint density at radius 1 is 1.21 bits per heavy atom. The lowest BCUT2D eigenvalue weighted by molar-refractivity contribution is -0.121. The van der Waals surface area contributed by atoms with E-state index in [9.17, 15) is 9.59 Å². The largest absolute Gasteiger partial charge is 0.322 e. The number of benzene rings is 2. The molecule has 1 heterocycles. The van der Waals surface area contributed by atoms with Gasteiger partial charge in [-0.2, -0.15) is 0 Å². The highest BCUT2D eigenvalue weighted by atomic mass is 35.5. The van der Waals surface area contributed by atoms with Crippen molar-refractivity contribution in [3.8, 4) is 0 Å². The minimum Gasteiger partial charge on any atom is -0.322 e. The van der Waals surface area contributed by atoms with E-state index in [4.69, 9.17) is 11.6 Å². The van der Waals surface area contributed by atoms with Gasteiger partial charge in [-0.3, -0.25) is 15.0 Å². The number of hydrogen-bond donors (Lipinski definition) is 2. The van der Waals surface area contributed by atoms with E-state index < -0.39 is 0 Å². The highest BCUT2D eigenvalue weighted by molar-refractivity contribution is 8.14. The summed E-state index contributed by atoms with van der Waals surface area (Å²) in [6.07, 6.45) is 0.687. The summed E-state index contributed by atoms with van der Waals surface area (Å²) >= 11 is 6.78. The molecule has 0 aromatic heterocycles. The first-order valence-corrected chi connectivity index (χ1v) is 8.73. The van der Waals surface area contributed by atoms with Gasteiger partial charge in [0, 0.05) is 22.7 Å². The second-order valence-electron chi connectivity index (χ2n) is 5.77. The van der Waals surface area contributed by atoms with Crippen molar-refractivity contribution in [3.63, 3.8) is 0 Å². The van der Waals surface area contributed by atoms with E-state index in [2.05, 4.69) is 10.1 Å². The van der Waals surface area contributed by atoms with Crippen molar-refractivity contribution < 1.29 is 9.59 Å². The molecule has 2 aromatic carbocycles. The molecule has 122 valence electrons. The third-order valence-electron chi connectivity index (χ3n) is 4.35. The second-order valence-corrected chi connectivity index (χ2v) is 6.96. The van der Waals surface area contributed by atoms with E-state index in [1.165, 1.54) is 5.01 Å². The summed E-state index contributed by atoms with van der Waals surface area (Å²) in [4.78, 5) is 24.8. The number of nitrogens with one attached hydrogen (secondary N) is 2. The van der Waals surface area contributed by atoms with Crippen molar-refractivity contribution in [3.05, 3.63) is 64.7 Å². The lowest BCUT2D eigenvalue weighted by Gasteiger charge is -2.21. The van der Waals surface area contributed by atoms with Gasteiger partial charge in [-0.05, 0) is 41.8 Å². The molecule has 2 aromatic rings. The third-order valence-corrected chi connectivity index (χ3v) is 5.31. The van der Waals surface area contributed by atoms with Crippen LogP contribution in [-0.2, 0) is 11.2 Å². The minimum absolute atomic E-state index is 0.120. The molecular weight excluding hydrogens is 346 g/mol. The molecule has 0 radical (unpaired) electrons. The lowest BCUT2D eigenvalue weighted by Crippen LogP contribution is -2.42. The van der Waals surface area contributed by atoms with Crippen molar-refractivity contribution in [2.75, 3.05) is 4.72 Å². The van der Waals surface area contributed by atoms with Gasteiger partial charge in [0.25, 0.3) is 0 Å². The van der Waals surface area contributed by atoms with Crippen molar-refractivity contribution in [2.45, 2.75) is 18.4 Å². The fourth-order valence-corrected chi connectivity index (χ4v) is 4.00. The molecule has 1 aliphatic heterocycles. The van der Waals surface area contributed by atoms with E-state index in [0.717, 1.165) is 28.8 Å². The Balaban J connectivity index is 1.46. The minimum atomic E-state index is -0.277. The van der Waals surface area contributed by atoms with Crippen LogP contribution in [-0.4, -0.2) is 22.2 Å². The van der Waals surface area contributed by atoms with Crippen molar-refractivity contribution in [1.29, 1.82) is 0 Å². The van der Waals surface area contributed by atoms with Gasteiger partial charge in [-0.1, -0.05) is 35.9 Å². The van der Waals surface area contributed by atoms with Crippen LogP contribution in [0, 0.1) is 0 Å². The van der Waals surface area contributed by atoms with Gasteiger partial charge in [0.2, 0.25) is 5.91 Å². The van der Waals surface area contributed by atoms with Gasteiger partial charge in [0.05, 0.1) is 12.0 Å². The number of halogens is 1. The zero-order valence-corrected chi connectivity index (χ0v) is 14.1. The molecule has 7 heteroatoms. The molecule has 1 aliphatic carbocycles. The summed E-state index contributed by atoms with van der Waals surface area (Å²) in [7, 11) is 0. The van der Waals surface area contributed by atoms with Crippen LogP contribution in [0.4, 0.5) is 10.5 Å². The average Bonchev–Trinajstić information content (AvgIpc) is 3.12. The summed E-state index contributed by atoms with van der Waals surface area (Å²) in [5.74, 6) is -0.397. The van der Waals surface area contributed by atoms with Crippen LogP contribution in [0.25, 0.3) is 0 Å². The van der Waals surface area contributed by atoms with E-state index >= 15 is 0 Å². The SMILES string of the molecule is O=C1NN(C(=O)SNc2ccc(Cl)cc2)C2Cc3ccccc3C12. The highest BCUT2D eigenvalue weighted by Crippen LogP contribution is 2.40. The van der Waals surface area contributed by atoms with E-state index in [1.54, 1.807) is 24.3 Å². The number of hydrazine groups is 1. The molecule has 2 atom stereocenters. The second kappa shape index (κ2) is 6.03. The number of anilines is 1. The Labute approximate surface area is 148 Å². The number of rotatable bonds is 2. The normalized spacial score (nSPS) is 21.2. The van der Waals surface area contributed by atoms with Crippen LogP contribution in [0.15, 0.2) is 48.5 Å². The van der Waals surface area contributed by atoms with Crippen LogP contribution in [0.3, 0.4) is 0 Å². The summed E-state index contributed by atoms with van der Waals surface area (Å²) in [6.45, 7) is 0. The molecule has 0 bridgehead atoms. The molecule has 2 N–H and O–H groups in total. The molecule has 0 saturated carbocycles. The number of hydrogen-bond acceptors (Lipinski definition) is 4. The van der Waals surface area contributed by atoms with Crippen molar-refractivity contribution in [1.82, 2.24) is 10.4 Å². The average molecular weight is 360 g/mol. The third kappa shape index (κ3) is 2.61. The molecule has 2 unspecified atom stereocenters. The zero-order valence-electron chi connectivity index (χ0n) is 12.5. The smallest absolute Gasteiger partial charge is 0.320 e. The van der Waals surface area contributed by atoms with Gasteiger partial charge >= 0.3 is 5.24 Å². The fraction of sp³-hybridized carbons (Fsp3) is 0.176. The lowest BCUT2D eigenvalue weighted by atomic mass is 9.99. The predicted octanol–water partition coefficient (Wildman–Crippen LogP) is 3.58. The van der Waals surface area contributed by atoms with E-state index in [-0.39, 0.29) is 23.1 Å². The quantitative estimate of drug-likeness (QED) is 0.805. The number of carbonyl (C=O) groups excluding carboxylic acids is 2. The van der Waals surface area contributed by atoms with Crippen LogP contribution >= 0.6 is 23.5 Å². The van der Waals surface area contributed by atoms with E-state index in [0.29, 0.717) is 11.4 Å². The van der Waals surface area contributed by atoms with Crippen molar-refractivity contribution >= 4 is 40.4 Å². The maximum Gasteiger partial charge on any atom is 0.320 e.